The fraction of sp³-hybridized carbons (Fsp3) is 0.625. The number of nitrogens with two attached hydrogens (primary N) is 4. The number of amides is 5. The molecule has 0 aliphatic carbocycles. The first-order valence-electron chi connectivity index (χ1n) is 23.3. The summed E-state index contributed by atoms with van der Waals surface area (Å²) < 4.78 is 0. The second kappa shape index (κ2) is 32.0. The Kier molecular flexibility index (Phi) is 27.7. The average Bonchev–Trinajstić information content (AvgIpc) is 3.27. The lowest BCUT2D eigenvalue weighted by Gasteiger charge is -2.33. The minimum absolute atomic E-state index is 0.0722. The number of nitrogens with zero attached hydrogens (tertiary/aromatic N) is 6. The molecule has 0 bridgehead atoms. The third-order valence-electron chi connectivity index (χ3n) is 11.1. The van der Waals surface area contributed by atoms with E-state index in [1.165, 1.54) is 19.6 Å². The van der Waals surface area contributed by atoms with Gasteiger partial charge in [-0.05, 0) is 109 Å². The van der Waals surface area contributed by atoms with E-state index >= 15 is 0 Å². The van der Waals surface area contributed by atoms with Crippen LogP contribution in [0.5, 0.6) is 0 Å². The Hall–Kier alpha value is -4.74. The van der Waals surface area contributed by atoms with Gasteiger partial charge in [0.25, 0.3) is 0 Å². The van der Waals surface area contributed by atoms with Gasteiger partial charge in [-0.3, -0.25) is 33.7 Å². The zero-order valence-electron chi connectivity index (χ0n) is 39.3. The Morgan fingerprint density at radius 1 is 0.406 bits per heavy atom. The lowest BCUT2D eigenvalue weighted by molar-refractivity contribution is -0.148. The summed E-state index contributed by atoms with van der Waals surface area (Å²) in [4.78, 5) is 93.5. The van der Waals surface area contributed by atoms with Gasteiger partial charge in [0.05, 0.1) is 32.7 Å². The highest BCUT2D eigenvalue weighted by Crippen LogP contribution is 2.13. The van der Waals surface area contributed by atoms with Crippen molar-refractivity contribution in [2.45, 2.75) is 98.2 Å². The Labute approximate surface area is 383 Å². The summed E-state index contributed by atoms with van der Waals surface area (Å²) >= 11 is 0. The molecule has 2 aromatic carbocycles. The van der Waals surface area contributed by atoms with Crippen molar-refractivity contribution in [3.63, 3.8) is 0 Å². The van der Waals surface area contributed by atoms with Crippen LogP contribution >= 0.6 is 0 Å². The van der Waals surface area contributed by atoms with Gasteiger partial charge in [0.2, 0.25) is 29.5 Å². The average molecular weight is 893 g/mol. The monoisotopic (exact) mass is 893 g/mol. The van der Waals surface area contributed by atoms with E-state index in [9.17, 15) is 28.8 Å². The molecule has 0 saturated heterocycles. The smallest absolute Gasteiger partial charge is 0.242 e. The number of Topliss-reactive ketones (excluding diaryl/α,β-unsaturated/α-hetero) is 1. The molecule has 0 saturated carbocycles. The first kappa shape index (κ1) is 55.4. The molecule has 0 aliphatic rings. The topological polar surface area (TPSA) is 226 Å². The summed E-state index contributed by atoms with van der Waals surface area (Å²) in [6.07, 6.45) is 5.27. The van der Waals surface area contributed by atoms with Gasteiger partial charge in [-0.25, -0.2) is 0 Å². The minimum atomic E-state index is -0.466. The van der Waals surface area contributed by atoms with Crippen molar-refractivity contribution in [3.05, 3.63) is 71.8 Å². The largest absolute Gasteiger partial charge is 0.332 e. The van der Waals surface area contributed by atoms with Crippen LogP contribution in [0.2, 0.25) is 0 Å². The summed E-state index contributed by atoms with van der Waals surface area (Å²) in [5.74, 6) is -2.28. The maximum absolute atomic E-state index is 14.5. The molecule has 0 spiro atoms. The van der Waals surface area contributed by atoms with Crippen molar-refractivity contribution in [2.24, 2.45) is 28.9 Å². The van der Waals surface area contributed by atoms with Gasteiger partial charge in [-0.15, -0.1) is 0 Å². The van der Waals surface area contributed by atoms with Crippen LogP contribution in [0, 0.1) is 5.92 Å². The summed E-state index contributed by atoms with van der Waals surface area (Å²) in [6.45, 7) is 10.00. The molecule has 16 nitrogen and oxygen atoms in total. The van der Waals surface area contributed by atoms with Crippen LogP contribution in [0.1, 0.15) is 90.2 Å². The van der Waals surface area contributed by atoms with E-state index in [1.807, 2.05) is 74.5 Å². The van der Waals surface area contributed by atoms with Gasteiger partial charge in [0.15, 0.2) is 5.78 Å². The van der Waals surface area contributed by atoms with Crippen molar-refractivity contribution >= 4 is 35.3 Å². The number of ketones is 1. The maximum atomic E-state index is 14.5. The fourth-order valence-corrected chi connectivity index (χ4v) is 6.97. The molecule has 64 heavy (non-hydrogen) atoms. The number of carbonyl (C=O) groups is 6. The van der Waals surface area contributed by atoms with Gasteiger partial charge in [0, 0.05) is 44.7 Å². The zero-order valence-corrected chi connectivity index (χ0v) is 39.3. The molecule has 0 radical (unpaired) electrons. The minimum Gasteiger partial charge on any atom is -0.332 e. The molecule has 0 unspecified atom stereocenters. The van der Waals surface area contributed by atoms with E-state index in [0.29, 0.717) is 77.8 Å². The molecular formula is C48H80N10O6. The molecule has 358 valence electrons. The predicted molar refractivity (Wildman–Crippen MR) is 253 cm³/mol. The highest BCUT2D eigenvalue weighted by atomic mass is 16.2. The molecule has 8 N–H and O–H groups in total. The highest BCUT2D eigenvalue weighted by molar-refractivity contribution is 5.92. The summed E-state index contributed by atoms with van der Waals surface area (Å²) in [6, 6.07) is 18.7. The van der Waals surface area contributed by atoms with Gasteiger partial charge in [0.1, 0.15) is 6.54 Å². The van der Waals surface area contributed by atoms with Crippen LogP contribution in [0.3, 0.4) is 0 Å². The summed E-state index contributed by atoms with van der Waals surface area (Å²) in [5.41, 5.74) is 24.8. The molecule has 0 aromatic heterocycles. The van der Waals surface area contributed by atoms with E-state index in [0.717, 1.165) is 24.0 Å². The van der Waals surface area contributed by atoms with Crippen LogP contribution < -0.4 is 22.9 Å². The van der Waals surface area contributed by atoms with Crippen LogP contribution in [-0.4, -0.2) is 162 Å². The van der Waals surface area contributed by atoms with E-state index in [4.69, 9.17) is 22.9 Å². The molecule has 0 fully saturated rings. The SMILES string of the molecule is CC(C)C(=O)CN(Cc1ccccc1)C(=O)CN(CCCCN)C(=O)CN(Cc1ccccc1)C(=O)CN(CCCCN)C(=O)CN(CCCCN)C(=O)CN(CCCCN)C(C)C. The molecule has 0 heterocycles. The van der Waals surface area contributed by atoms with Crippen molar-refractivity contribution in [1.82, 2.24) is 29.4 Å². The van der Waals surface area contributed by atoms with Gasteiger partial charge in [-0.2, -0.15) is 0 Å². The van der Waals surface area contributed by atoms with Crippen molar-refractivity contribution in [2.75, 3.05) is 91.6 Å². The number of unbranched alkanes of at least 4 members (excludes halogenated alkanes) is 4. The Morgan fingerprint density at radius 3 is 1.06 bits per heavy atom. The van der Waals surface area contributed by atoms with Gasteiger partial charge < -0.3 is 47.4 Å². The van der Waals surface area contributed by atoms with E-state index in [-0.39, 0.29) is 95.0 Å². The summed E-state index contributed by atoms with van der Waals surface area (Å²) in [5, 5.41) is 0. The second-order valence-electron chi connectivity index (χ2n) is 17.1. The molecule has 0 atom stereocenters. The van der Waals surface area contributed by atoms with Crippen LogP contribution in [0.4, 0.5) is 0 Å². The second-order valence-corrected chi connectivity index (χ2v) is 17.1. The van der Waals surface area contributed by atoms with Crippen molar-refractivity contribution in [3.8, 4) is 0 Å². The highest BCUT2D eigenvalue weighted by Gasteiger charge is 2.30. The lowest BCUT2D eigenvalue weighted by atomic mass is 10.1. The first-order valence-corrected chi connectivity index (χ1v) is 23.3. The number of hydrogen-bond donors (Lipinski definition) is 4. The van der Waals surface area contributed by atoms with E-state index in [2.05, 4.69) is 4.90 Å². The lowest BCUT2D eigenvalue weighted by Crippen LogP contribution is -2.52. The number of benzene rings is 2. The van der Waals surface area contributed by atoms with Crippen LogP contribution in [0.15, 0.2) is 60.7 Å². The van der Waals surface area contributed by atoms with E-state index in [1.54, 1.807) is 18.7 Å². The zero-order chi connectivity index (χ0) is 47.3. The third-order valence-corrected chi connectivity index (χ3v) is 11.1. The molecule has 16 heteroatoms. The van der Waals surface area contributed by atoms with Crippen LogP contribution in [0.25, 0.3) is 0 Å². The Bertz CT molecular complexity index is 1660. The molecular weight excluding hydrogens is 813 g/mol. The quantitative estimate of drug-likeness (QED) is 0.0747. The molecule has 5 amide bonds. The Morgan fingerprint density at radius 2 is 0.719 bits per heavy atom. The van der Waals surface area contributed by atoms with Gasteiger partial charge >= 0.3 is 0 Å². The van der Waals surface area contributed by atoms with Gasteiger partial charge in [-0.1, -0.05) is 74.5 Å². The molecule has 2 aromatic rings. The van der Waals surface area contributed by atoms with Crippen molar-refractivity contribution < 1.29 is 28.8 Å². The van der Waals surface area contributed by atoms with Crippen LogP contribution in [-0.2, 0) is 41.9 Å². The number of hydrogen-bond acceptors (Lipinski definition) is 11. The molecule has 2 rings (SSSR count). The first-order chi connectivity index (χ1) is 30.7. The van der Waals surface area contributed by atoms with Crippen molar-refractivity contribution in [1.29, 1.82) is 0 Å². The number of carbonyl (C=O) groups excluding carboxylic acids is 6. The maximum Gasteiger partial charge on any atom is 0.242 e. The summed E-state index contributed by atoms with van der Waals surface area (Å²) in [7, 11) is 0. The molecule has 0 aliphatic heterocycles. The Balaban J connectivity index is 2.44. The standard InChI is InChI=1S/C48H80N10O6/c1-39(2)43(59)33-57(31-41-19-7-5-8-20-41)47(63)36-56(30-18-14-26-52)46(62)38-58(32-42-21-9-6-10-22-42)48(64)37-55(29-17-13-25-51)45(61)35-54(28-16-12-24-50)44(60)34-53(40(3)4)27-15-11-23-49/h5-10,19-22,39-40H,11-18,23-38,49-52H2,1-4H3. The predicted octanol–water partition coefficient (Wildman–Crippen LogP) is 2.42. The number of rotatable bonds is 34. The normalized spacial score (nSPS) is 11.2. The van der Waals surface area contributed by atoms with E-state index < -0.39 is 17.7 Å². The fourth-order valence-electron chi connectivity index (χ4n) is 6.97. The third kappa shape index (κ3) is 21.8.